The predicted molar refractivity (Wildman–Crippen MR) is 62.3 cm³/mol. The van der Waals surface area contributed by atoms with Crippen molar-refractivity contribution < 1.29 is 13.9 Å². The third-order valence-corrected chi connectivity index (χ3v) is 3.41. The van der Waals surface area contributed by atoms with Gasteiger partial charge in [0.15, 0.2) is 4.67 Å². The molecule has 5 heteroatoms. The summed E-state index contributed by atoms with van der Waals surface area (Å²) in [6.07, 6.45) is 2.39. The van der Waals surface area contributed by atoms with Crippen molar-refractivity contribution in [1.29, 1.82) is 0 Å². The van der Waals surface area contributed by atoms with E-state index in [4.69, 9.17) is 9.15 Å². The first-order valence-electron chi connectivity index (χ1n) is 5.32. The van der Waals surface area contributed by atoms with Gasteiger partial charge in [-0.2, -0.15) is 0 Å². The average molecular weight is 288 g/mol. The first kappa shape index (κ1) is 11.7. The number of halogens is 1. The van der Waals surface area contributed by atoms with Crippen LogP contribution in [0.5, 0.6) is 0 Å². The van der Waals surface area contributed by atoms with Gasteiger partial charge in [0.1, 0.15) is 0 Å². The Morgan fingerprint density at radius 1 is 1.56 bits per heavy atom. The van der Waals surface area contributed by atoms with Crippen LogP contribution < -0.4 is 0 Å². The zero-order chi connectivity index (χ0) is 11.5. The second kappa shape index (κ2) is 5.01. The number of hydrogen-bond donors (Lipinski definition) is 0. The second-order valence-corrected chi connectivity index (χ2v) is 4.58. The third-order valence-electron chi connectivity index (χ3n) is 2.80. The van der Waals surface area contributed by atoms with Crippen LogP contribution in [0.2, 0.25) is 0 Å². The zero-order valence-corrected chi connectivity index (χ0v) is 10.7. The highest BCUT2D eigenvalue weighted by atomic mass is 79.9. The molecule has 1 fully saturated rings. The van der Waals surface area contributed by atoms with Crippen LogP contribution in [-0.2, 0) is 4.74 Å². The van der Waals surface area contributed by atoms with E-state index < -0.39 is 0 Å². The number of rotatable bonds is 1. The van der Waals surface area contributed by atoms with Gasteiger partial charge >= 0.3 is 0 Å². The standard InChI is InChI=1S/C11H14BrNO3/c1-8-2-5-15-7-4-13(8)11(14)9-3-6-16-10(9)12/h3,6,8H,2,4-5,7H2,1H3. The van der Waals surface area contributed by atoms with Gasteiger partial charge in [0.05, 0.1) is 18.4 Å². The van der Waals surface area contributed by atoms with E-state index in [0.717, 1.165) is 13.0 Å². The normalized spacial score (nSPS) is 21.9. The number of nitrogens with zero attached hydrogens (tertiary/aromatic N) is 1. The van der Waals surface area contributed by atoms with Crippen molar-refractivity contribution in [3.05, 3.63) is 22.6 Å². The molecule has 2 rings (SSSR count). The van der Waals surface area contributed by atoms with Crippen molar-refractivity contribution in [1.82, 2.24) is 4.90 Å². The van der Waals surface area contributed by atoms with E-state index in [1.165, 1.54) is 6.26 Å². The van der Waals surface area contributed by atoms with Gasteiger partial charge in [-0.3, -0.25) is 4.79 Å². The van der Waals surface area contributed by atoms with E-state index in [2.05, 4.69) is 15.9 Å². The number of furan rings is 1. The molecule has 1 aromatic rings. The van der Waals surface area contributed by atoms with Crippen LogP contribution in [0.1, 0.15) is 23.7 Å². The SMILES string of the molecule is CC1CCOCCN1C(=O)c1ccoc1Br. The smallest absolute Gasteiger partial charge is 0.258 e. The summed E-state index contributed by atoms with van der Waals surface area (Å²) in [5.74, 6) is -0.00127. The Morgan fingerprint density at radius 2 is 2.38 bits per heavy atom. The Labute approximate surface area is 103 Å². The Hall–Kier alpha value is -0.810. The van der Waals surface area contributed by atoms with Crippen LogP contribution in [-0.4, -0.2) is 36.6 Å². The lowest BCUT2D eigenvalue weighted by Crippen LogP contribution is -2.39. The summed E-state index contributed by atoms with van der Waals surface area (Å²) in [5.41, 5.74) is 0.578. The summed E-state index contributed by atoms with van der Waals surface area (Å²) in [4.78, 5) is 14.1. The number of hydrogen-bond acceptors (Lipinski definition) is 3. The Bertz CT molecular complexity index is 377. The highest BCUT2D eigenvalue weighted by Gasteiger charge is 2.25. The molecule has 1 atom stereocenters. The molecule has 2 heterocycles. The van der Waals surface area contributed by atoms with Gasteiger partial charge < -0.3 is 14.1 Å². The molecular weight excluding hydrogens is 274 g/mol. The highest BCUT2D eigenvalue weighted by molar-refractivity contribution is 9.10. The van der Waals surface area contributed by atoms with Crippen LogP contribution in [0.3, 0.4) is 0 Å². The predicted octanol–water partition coefficient (Wildman–Crippen LogP) is 2.29. The van der Waals surface area contributed by atoms with E-state index >= 15 is 0 Å². The molecule has 0 saturated carbocycles. The summed E-state index contributed by atoms with van der Waals surface area (Å²) in [7, 11) is 0. The molecule has 0 spiro atoms. The number of ether oxygens (including phenoxy) is 1. The molecule has 16 heavy (non-hydrogen) atoms. The summed E-state index contributed by atoms with van der Waals surface area (Å²) in [5, 5.41) is 0. The minimum absolute atomic E-state index is 0.00127. The number of carbonyl (C=O) groups excluding carboxylic acids is 1. The molecule has 4 nitrogen and oxygen atoms in total. The maximum Gasteiger partial charge on any atom is 0.258 e. The Balaban J connectivity index is 2.17. The van der Waals surface area contributed by atoms with E-state index in [1.54, 1.807) is 6.07 Å². The molecule has 0 N–H and O–H groups in total. The van der Waals surface area contributed by atoms with Crippen LogP contribution >= 0.6 is 15.9 Å². The number of carbonyl (C=O) groups is 1. The summed E-state index contributed by atoms with van der Waals surface area (Å²) in [6, 6.07) is 1.89. The molecule has 88 valence electrons. The molecular formula is C11H14BrNO3. The van der Waals surface area contributed by atoms with Crippen molar-refractivity contribution in [2.45, 2.75) is 19.4 Å². The quantitative estimate of drug-likeness (QED) is 0.796. The van der Waals surface area contributed by atoms with Crippen LogP contribution in [0.15, 0.2) is 21.4 Å². The zero-order valence-electron chi connectivity index (χ0n) is 9.11. The molecule has 1 aromatic heterocycles. The van der Waals surface area contributed by atoms with Crippen LogP contribution in [0, 0.1) is 0 Å². The van der Waals surface area contributed by atoms with E-state index in [1.807, 2.05) is 11.8 Å². The summed E-state index contributed by atoms with van der Waals surface area (Å²) in [6.45, 7) is 4.00. The molecule has 0 radical (unpaired) electrons. The van der Waals surface area contributed by atoms with Crippen LogP contribution in [0.25, 0.3) is 0 Å². The van der Waals surface area contributed by atoms with Gasteiger partial charge in [0.25, 0.3) is 5.91 Å². The first-order valence-corrected chi connectivity index (χ1v) is 6.11. The molecule has 0 aromatic carbocycles. The van der Waals surface area contributed by atoms with E-state index in [0.29, 0.717) is 23.4 Å². The first-order chi connectivity index (χ1) is 7.70. The van der Waals surface area contributed by atoms with Gasteiger partial charge in [-0.25, -0.2) is 0 Å². The maximum atomic E-state index is 12.2. The van der Waals surface area contributed by atoms with Crippen molar-refractivity contribution in [2.75, 3.05) is 19.8 Å². The summed E-state index contributed by atoms with van der Waals surface area (Å²) >= 11 is 3.23. The monoisotopic (exact) mass is 287 g/mol. The highest BCUT2D eigenvalue weighted by Crippen LogP contribution is 2.21. The fourth-order valence-corrected chi connectivity index (χ4v) is 2.21. The van der Waals surface area contributed by atoms with E-state index in [-0.39, 0.29) is 11.9 Å². The molecule has 1 aliphatic heterocycles. The molecule has 0 bridgehead atoms. The van der Waals surface area contributed by atoms with Crippen molar-refractivity contribution in [3.8, 4) is 0 Å². The van der Waals surface area contributed by atoms with Gasteiger partial charge in [-0.15, -0.1) is 0 Å². The number of amides is 1. The van der Waals surface area contributed by atoms with Gasteiger partial charge in [-0.1, -0.05) is 0 Å². The molecule has 1 saturated heterocycles. The molecule has 1 unspecified atom stereocenters. The Morgan fingerprint density at radius 3 is 3.06 bits per heavy atom. The molecule has 0 aliphatic carbocycles. The lowest BCUT2D eigenvalue weighted by Gasteiger charge is -2.25. The lowest BCUT2D eigenvalue weighted by molar-refractivity contribution is 0.0685. The minimum Gasteiger partial charge on any atom is -0.457 e. The van der Waals surface area contributed by atoms with Gasteiger partial charge in [0, 0.05) is 19.2 Å². The largest absolute Gasteiger partial charge is 0.457 e. The van der Waals surface area contributed by atoms with Gasteiger partial charge in [0.2, 0.25) is 0 Å². The average Bonchev–Trinajstić information content (AvgIpc) is 2.56. The van der Waals surface area contributed by atoms with Crippen molar-refractivity contribution >= 4 is 21.8 Å². The van der Waals surface area contributed by atoms with Crippen molar-refractivity contribution in [2.24, 2.45) is 0 Å². The Kier molecular flexibility index (Phi) is 3.66. The fourth-order valence-electron chi connectivity index (χ4n) is 1.80. The molecule has 1 aliphatic rings. The molecule has 1 amide bonds. The third kappa shape index (κ3) is 2.30. The fraction of sp³-hybridized carbons (Fsp3) is 0.545. The lowest BCUT2D eigenvalue weighted by atomic mass is 10.2. The second-order valence-electron chi connectivity index (χ2n) is 3.86. The summed E-state index contributed by atoms with van der Waals surface area (Å²) < 4.78 is 10.9. The minimum atomic E-state index is -0.00127. The van der Waals surface area contributed by atoms with Crippen molar-refractivity contribution in [3.63, 3.8) is 0 Å². The van der Waals surface area contributed by atoms with E-state index in [9.17, 15) is 4.79 Å². The maximum absolute atomic E-state index is 12.2. The topological polar surface area (TPSA) is 42.7 Å². The van der Waals surface area contributed by atoms with Crippen LogP contribution in [0.4, 0.5) is 0 Å². The van der Waals surface area contributed by atoms with Gasteiger partial charge in [-0.05, 0) is 35.3 Å².